The Hall–Kier alpha value is -2.22. The fourth-order valence-electron chi connectivity index (χ4n) is 2.23. The smallest absolute Gasteiger partial charge is 0.387 e. The molecule has 0 amide bonds. The number of hydrogen-bond acceptors (Lipinski definition) is 3. The van der Waals surface area contributed by atoms with Gasteiger partial charge in [0, 0.05) is 24.5 Å². The average Bonchev–Trinajstić information content (AvgIpc) is 2.83. The van der Waals surface area contributed by atoms with Crippen LogP contribution in [0.5, 0.6) is 5.75 Å². The van der Waals surface area contributed by atoms with Crippen molar-refractivity contribution < 1.29 is 13.5 Å². The van der Waals surface area contributed by atoms with Gasteiger partial charge in [-0.15, -0.1) is 0 Å². The van der Waals surface area contributed by atoms with Crippen molar-refractivity contribution in [1.29, 1.82) is 0 Å². The van der Waals surface area contributed by atoms with Crippen LogP contribution in [0.3, 0.4) is 0 Å². The van der Waals surface area contributed by atoms with Crippen LogP contribution in [0.25, 0.3) is 0 Å². The number of benzene rings is 1. The van der Waals surface area contributed by atoms with Gasteiger partial charge in [-0.2, -0.15) is 13.9 Å². The summed E-state index contributed by atoms with van der Waals surface area (Å²) in [4.78, 5) is 0. The van der Waals surface area contributed by atoms with Crippen LogP contribution in [-0.2, 0) is 6.54 Å². The Morgan fingerprint density at radius 1 is 1.29 bits per heavy atom. The second kappa shape index (κ2) is 8.58. The molecule has 2 N–H and O–H groups in total. The molecule has 2 rings (SSSR count). The van der Waals surface area contributed by atoms with E-state index in [9.17, 15) is 8.78 Å². The van der Waals surface area contributed by atoms with Gasteiger partial charge in [0.2, 0.25) is 0 Å². The van der Waals surface area contributed by atoms with Gasteiger partial charge in [0.15, 0.2) is 5.11 Å². The zero-order valence-electron chi connectivity index (χ0n) is 13.6. The first-order valence-corrected chi connectivity index (χ1v) is 7.95. The fraction of sp³-hybridized carbons (Fsp3) is 0.375. The molecule has 1 aromatic carbocycles. The first kappa shape index (κ1) is 18.1. The molecular formula is C16H20F2N4OS. The quantitative estimate of drug-likeness (QED) is 0.589. The van der Waals surface area contributed by atoms with Crippen LogP contribution >= 0.6 is 12.2 Å². The van der Waals surface area contributed by atoms with Gasteiger partial charge in [-0.25, -0.2) is 0 Å². The minimum atomic E-state index is -2.83. The molecule has 1 heterocycles. The van der Waals surface area contributed by atoms with Crippen molar-refractivity contribution in [1.82, 2.24) is 15.1 Å². The Balaban J connectivity index is 1.70. The SMILES string of the molecule is Cc1cc(C)n(CCCNC(=S)Nc2ccc(OC(F)F)cc2)n1. The van der Waals surface area contributed by atoms with Crippen molar-refractivity contribution in [3.63, 3.8) is 0 Å². The molecule has 0 aliphatic heterocycles. The average molecular weight is 354 g/mol. The number of thiocarbonyl (C=S) groups is 1. The number of aryl methyl sites for hydroxylation is 3. The van der Waals surface area contributed by atoms with Crippen molar-refractivity contribution in [3.05, 3.63) is 41.7 Å². The molecule has 130 valence electrons. The van der Waals surface area contributed by atoms with E-state index in [0.29, 0.717) is 17.3 Å². The zero-order chi connectivity index (χ0) is 17.5. The van der Waals surface area contributed by atoms with Crippen LogP contribution in [0.4, 0.5) is 14.5 Å². The Bertz CT molecular complexity index is 673. The predicted molar refractivity (Wildman–Crippen MR) is 93.6 cm³/mol. The second-order valence-corrected chi connectivity index (χ2v) is 5.70. The molecule has 0 fully saturated rings. The van der Waals surface area contributed by atoms with Crippen LogP contribution in [0.1, 0.15) is 17.8 Å². The van der Waals surface area contributed by atoms with E-state index in [1.807, 2.05) is 24.6 Å². The van der Waals surface area contributed by atoms with Gasteiger partial charge in [-0.3, -0.25) is 4.68 Å². The lowest BCUT2D eigenvalue weighted by Gasteiger charge is -2.11. The number of nitrogens with zero attached hydrogens (tertiary/aromatic N) is 2. The number of nitrogens with one attached hydrogen (secondary N) is 2. The molecule has 0 unspecified atom stereocenters. The van der Waals surface area contributed by atoms with Crippen LogP contribution in [0.15, 0.2) is 30.3 Å². The summed E-state index contributed by atoms with van der Waals surface area (Å²) < 4.78 is 30.4. The van der Waals surface area contributed by atoms with Crippen molar-refractivity contribution in [2.75, 3.05) is 11.9 Å². The highest BCUT2D eigenvalue weighted by Gasteiger charge is 2.04. The highest BCUT2D eigenvalue weighted by molar-refractivity contribution is 7.80. The molecule has 5 nitrogen and oxygen atoms in total. The minimum absolute atomic E-state index is 0.110. The maximum absolute atomic E-state index is 12.1. The highest BCUT2D eigenvalue weighted by atomic mass is 32.1. The van der Waals surface area contributed by atoms with Crippen molar-refractivity contribution in [3.8, 4) is 5.75 Å². The third-order valence-electron chi connectivity index (χ3n) is 3.27. The van der Waals surface area contributed by atoms with E-state index < -0.39 is 6.61 Å². The molecule has 0 aliphatic carbocycles. The Labute approximate surface area is 145 Å². The monoisotopic (exact) mass is 354 g/mol. The topological polar surface area (TPSA) is 51.1 Å². The van der Waals surface area contributed by atoms with Crippen LogP contribution in [0.2, 0.25) is 0 Å². The Morgan fingerprint density at radius 3 is 2.58 bits per heavy atom. The number of alkyl halides is 2. The highest BCUT2D eigenvalue weighted by Crippen LogP contribution is 2.17. The van der Waals surface area contributed by atoms with E-state index in [4.69, 9.17) is 12.2 Å². The first-order chi connectivity index (χ1) is 11.4. The lowest BCUT2D eigenvalue weighted by atomic mass is 10.3. The molecule has 0 aliphatic rings. The largest absolute Gasteiger partial charge is 0.435 e. The summed E-state index contributed by atoms with van der Waals surface area (Å²) >= 11 is 5.20. The molecule has 1 aromatic heterocycles. The third-order valence-corrected chi connectivity index (χ3v) is 3.52. The van der Waals surface area contributed by atoms with Crippen molar-refractivity contribution in [2.45, 2.75) is 33.4 Å². The Kier molecular flexibility index (Phi) is 6.48. The molecule has 24 heavy (non-hydrogen) atoms. The lowest BCUT2D eigenvalue weighted by molar-refractivity contribution is -0.0498. The van der Waals surface area contributed by atoms with E-state index in [2.05, 4.69) is 20.5 Å². The summed E-state index contributed by atoms with van der Waals surface area (Å²) in [6.45, 7) is 2.69. The van der Waals surface area contributed by atoms with Gasteiger partial charge in [0.1, 0.15) is 5.75 Å². The van der Waals surface area contributed by atoms with E-state index in [1.54, 1.807) is 12.1 Å². The predicted octanol–water partition coefficient (Wildman–Crippen LogP) is 3.48. The molecule has 0 radical (unpaired) electrons. The van der Waals surface area contributed by atoms with Gasteiger partial charge < -0.3 is 15.4 Å². The Morgan fingerprint density at radius 2 is 2.00 bits per heavy atom. The minimum Gasteiger partial charge on any atom is -0.435 e. The molecule has 0 saturated carbocycles. The van der Waals surface area contributed by atoms with Crippen molar-refractivity contribution in [2.24, 2.45) is 0 Å². The number of halogens is 2. The molecule has 0 spiro atoms. The van der Waals surface area contributed by atoms with Gasteiger partial charge in [-0.05, 0) is 62.8 Å². The molecule has 0 saturated heterocycles. The number of rotatable bonds is 7. The summed E-state index contributed by atoms with van der Waals surface area (Å²) in [7, 11) is 0. The standard InChI is InChI=1S/C16H20F2N4OS/c1-11-10-12(2)22(21-11)9-3-8-19-16(24)20-13-4-6-14(7-5-13)23-15(17)18/h4-7,10,15H,3,8-9H2,1-2H3,(H2,19,20,24). The van der Waals surface area contributed by atoms with Crippen LogP contribution in [-0.4, -0.2) is 28.0 Å². The van der Waals surface area contributed by atoms with Crippen molar-refractivity contribution >= 4 is 23.0 Å². The van der Waals surface area contributed by atoms with Gasteiger partial charge >= 0.3 is 6.61 Å². The number of anilines is 1. The van der Waals surface area contributed by atoms with Gasteiger partial charge in [0.05, 0.1) is 5.69 Å². The first-order valence-electron chi connectivity index (χ1n) is 7.55. The third kappa shape index (κ3) is 5.77. The summed E-state index contributed by atoms with van der Waals surface area (Å²) in [5.41, 5.74) is 2.85. The normalized spacial score (nSPS) is 10.7. The maximum Gasteiger partial charge on any atom is 0.387 e. The van der Waals surface area contributed by atoms with E-state index in [1.165, 1.54) is 12.1 Å². The number of aromatic nitrogens is 2. The lowest BCUT2D eigenvalue weighted by Crippen LogP contribution is -2.29. The molecule has 0 bridgehead atoms. The molecule has 2 aromatic rings. The van der Waals surface area contributed by atoms with Gasteiger partial charge in [0.25, 0.3) is 0 Å². The maximum atomic E-state index is 12.1. The van der Waals surface area contributed by atoms with Crippen LogP contribution in [0, 0.1) is 13.8 Å². The summed E-state index contributed by atoms with van der Waals surface area (Å²) in [5.74, 6) is 0.110. The summed E-state index contributed by atoms with van der Waals surface area (Å²) in [6.07, 6.45) is 0.880. The number of hydrogen-bond donors (Lipinski definition) is 2. The molecular weight excluding hydrogens is 334 g/mol. The molecule has 8 heteroatoms. The van der Waals surface area contributed by atoms with E-state index >= 15 is 0 Å². The summed E-state index contributed by atoms with van der Waals surface area (Å²) in [5, 5.41) is 11.0. The van der Waals surface area contributed by atoms with Crippen LogP contribution < -0.4 is 15.4 Å². The van der Waals surface area contributed by atoms with Gasteiger partial charge in [-0.1, -0.05) is 0 Å². The summed E-state index contributed by atoms with van der Waals surface area (Å²) in [6, 6.07) is 8.21. The second-order valence-electron chi connectivity index (χ2n) is 5.29. The molecule has 0 atom stereocenters. The van der Waals surface area contributed by atoms with E-state index in [-0.39, 0.29) is 5.75 Å². The number of ether oxygens (including phenoxy) is 1. The zero-order valence-corrected chi connectivity index (χ0v) is 14.4. The fourth-order valence-corrected chi connectivity index (χ4v) is 2.45. The van der Waals surface area contributed by atoms with E-state index in [0.717, 1.165) is 24.4 Å².